The van der Waals surface area contributed by atoms with Gasteiger partial charge in [-0.1, -0.05) is 5.16 Å². The van der Waals surface area contributed by atoms with Crippen molar-refractivity contribution < 1.29 is 38.7 Å². The van der Waals surface area contributed by atoms with Gasteiger partial charge in [0.05, 0.1) is 0 Å². The number of β-lactam (4-membered cyclic amide) rings is 1. The SMILES string of the molecule is CC(C)(C)OC(=O)NCCCO/N=C(\C(=O)NC1C(=O)N2C(C(=O)O)=CCS[C@H]12)c1csc(NC=O)n1. The van der Waals surface area contributed by atoms with Crippen molar-refractivity contribution in [3.63, 3.8) is 0 Å². The van der Waals surface area contributed by atoms with Crippen LogP contribution in [0.4, 0.5) is 9.93 Å². The molecule has 1 unspecified atom stereocenters. The monoisotopic (exact) mass is 554 g/mol. The number of nitrogens with zero attached hydrogens (tertiary/aromatic N) is 3. The second kappa shape index (κ2) is 12.1. The molecule has 2 aliphatic heterocycles. The van der Waals surface area contributed by atoms with E-state index in [1.54, 1.807) is 20.8 Å². The molecule has 14 nitrogen and oxygen atoms in total. The lowest BCUT2D eigenvalue weighted by Crippen LogP contribution is -2.70. The highest BCUT2D eigenvalue weighted by Crippen LogP contribution is 2.37. The molecule has 0 aliphatic carbocycles. The molecule has 200 valence electrons. The lowest BCUT2D eigenvalue weighted by molar-refractivity contribution is -0.150. The molecule has 2 atom stereocenters. The van der Waals surface area contributed by atoms with Gasteiger partial charge in [0.15, 0.2) is 10.8 Å². The van der Waals surface area contributed by atoms with E-state index in [1.165, 1.54) is 23.2 Å². The number of thioether (sulfide) groups is 1. The molecule has 1 aromatic heterocycles. The number of hydrogen-bond acceptors (Lipinski definition) is 11. The minimum absolute atomic E-state index is 0.0392. The van der Waals surface area contributed by atoms with Gasteiger partial charge in [-0.15, -0.1) is 23.1 Å². The fourth-order valence-electron chi connectivity index (χ4n) is 3.20. The van der Waals surface area contributed by atoms with Gasteiger partial charge < -0.3 is 30.6 Å². The number of ether oxygens (including phenoxy) is 1. The number of carboxylic acid groups (broad SMARTS) is 1. The zero-order chi connectivity index (χ0) is 27.2. The quantitative estimate of drug-likeness (QED) is 0.0997. The molecule has 3 rings (SSSR count). The number of carbonyl (C=O) groups excluding carboxylic acids is 4. The average Bonchev–Trinajstić information content (AvgIpc) is 3.28. The lowest BCUT2D eigenvalue weighted by Gasteiger charge is -2.48. The Hall–Kier alpha value is -3.66. The van der Waals surface area contributed by atoms with E-state index in [4.69, 9.17) is 9.57 Å². The van der Waals surface area contributed by atoms with Gasteiger partial charge in [-0.2, -0.15) is 0 Å². The van der Waals surface area contributed by atoms with Crippen molar-refractivity contribution >= 4 is 64.2 Å². The van der Waals surface area contributed by atoms with Crippen molar-refractivity contribution in [3.8, 4) is 0 Å². The van der Waals surface area contributed by atoms with Gasteiger partial charge >= 0.3 is 12.1 Å². The number of rotatable bonds is 11. The first-order valence-electron chi connectivity index (χ1n) is 11.0. The van der Waals surface area contributed by atoms with Crippen molar-refractivity contribution in [2.45, 2.75) is 44.2 Å². The molecule has 37 heavy (non-hydrogen) atoms. The van der Waals surface area contributed by atoms with E-state index in [0.717, 1.165) is 16.2 Å². The number of aromatic nitrogens is 1. The van der Waals surface area contributed by atoms with Crippen LogP contribution < -0.4 is 16.0 Å². The Morgan fingerprint density at radius 2 is 2.11 bits per heavy atom. The number of carboxylic acids is 1. The van der Waals surface area contributed by atoms with Crippen LogP contribution in [-0.2, 0) is 28.8 Å². The number of anilines is 1. The summed E-state index contributed by atoms with van der Waals surface area (Å²) < 4.78 is 5.14. The number of amides is 4. The maximum atomic E-state index is 13.1. The number of aliphatic carboxylic acids is 1. The first-order chi connectivity index (χ1) is 17.5. The number of alkyl carbamates (subject to hydrolysis) is 1. The maximum Gasteiger partial charge on any atom is 0.407 e. The predicted octanol–water partition coefficient (Wildman–Crippen LogP) is 0.715. The van der Waals surface area contributed by atoms with Crippen molar-refractivity contribution in [2.24, 2.45) is 5.16 Å². The topological polar surface area (TPSA) is 189 Å². The Labute approximate surface area is 219 Å². The summed E-state index contributed by atoms with van der Waals surface area (Å²) in [6, 6.07) is -0.963. The van der Waals surface area contributed by atoms with Crippen LogP contribution in [0.25, 0.3) is 0 Å². The zero-order valence-electron chi connectivity index (χ0n) is 20.2. The molecular formula is C21H26N6O8S2. The third-order valence-electron chi connectivity index (χ3n) is 4.73. The minimum atomic E-state index is -1.22. The Bertz CT molecular complexity index is 1130. The van der Waals surface area contributed by atoms with Crippen LogP contribution in [0, 0.1) is 0 Å². The standard InChI is InChI=1S/C21H26N6O8S2/c1-21(2,3)35-20(33)22-6-4-7-34-26-13(11-9-37-19(24-11)23-10-28)15(29)25-14-16(30)27-12(18(31)32)5-8-36-17(14)27/h5,9-10,14,17H,4,6-8H2,1-3H3,(H,22,33)(H,25,29)(H,31,32)(H,23,24,28)/b26-13-/t14?,17-/m1/s1. The summed E-state index contributed by atoms with van der Waals surface area (Å²) in [6.07, 6.45) is 1.65. The third kappa shape index (κ3) is 7.19. The summed E-state index contributed by atoms with van der Waals surface area (Å²) in [5.74, 6) is -2.18. The molecule has 1 aromatic rings. The van der Waals surface area contributed by atoms with E-state index in [1.807, 2.05) is 0 Å². The highest BCUT2D eigenvalue weighted by atomic mass is 32.2. The van der Waals surface area contributed by atoms with Crippen LogP contribution in [0.3, 0.4) is 0 Å². The molecule has 3 heterocycles. The zero-order valence-corrected chi connectivity index (χ0v) is 21.8. The van der Waals surface area contributed by atoms with E-state index in [2.05, 4.69) is 26.1 Å². The highest BCUT2D eigenvalue weighted by molar-refractivity contribution is 8.00. The molecule has 4 amide bonds. The molecular weight excluding hydrogens is 528 g/mol. The van der Waals surface area contributed by atoms with Gasteiger partial charge in [-0.3, -0.25) is 19.3 Å². The fourth-order valence-corrected chi connectivity index (χ4v) is 5.05. The number of fused-ring (bicyclic) bond motifs is 1. The first kappa shape index (κ1) is 27.9. The molecule has 4 N–H and O–H groups in total. The highest BCUT2D eigenvalue weighted by Gasteiger charge is 2.53. The average molecular weight is 555 g/mol. The summed E-state index contributed by atoms with van der Waals surface area (Å²) in [6.45, 7) is 5.51. The molecule has 2 aliphatic rings. The lowest BCUT2D eigenvalue weighted by atomic mass is 10.0. The number of carbonyl (C=O) groups is 5. The van der Waals surface area contributed by atoms with E-state index >= 15 is 0 Å². The van der Waals surface area contributed by atoms with Crippen molar-refractivity contribution in [1.29, 1.82) is 0 Å². The van der Waals surface area contributed by atoms with Gasteiger partial charge in [0.25, 0.3) is 11.8 Å². The van der Waals surface area contributed by atoms with E-state index in [9.17, 15) is 29.1 Å². The molecule has 1 saturated heterocycles. The van der Waals surface area contributed by atoms with Crippen LogP contribution in [0.5, 0.6) is 0 Å². The van der Waals surface area contributed by atoms with Crippen LogP contribution in [0.2, 0.25) is 0 Å². The molecule has 0 saturated carbocycles. The van der Waals surface area contributed by atoms with Crippen LogP contribution >= 0.6 is 23.1 Å². The Morgan fingerprint density at radius 3 is 2.78 bits per heavy atom. The van der Waals surface area contributed by atoms with Crippen molar-refractivity contribution in [1.82, 2.24) is 20.5 Å². The van der Waals surface area contributed by atoms with Crippen molar-refractivity contribution in [2.75, 3.05) is 24.2 Å². The van der Waals surface area contributed by atoms with Gasteiger partial charge in [-0.25, -0.2) is 14.6 Å². The molecule has 0 bridgehead atoms. The van der Waals surface area contributed by atoms with Gasteiger partial charge in [-0.05, 0) is 26.8 Å². The molecule has 0 spiro atoms. The van der Waals surface area contributed by atoms with Crippen LogP contribution in [0.1, 0.15) is 32.9 Å². The Morgan fingerprint density at radius 1 is 1.35 bits per heavy atom. The number of oxime groups is 1. The van der Waals surface area contributed by atoms with Gasteiger partial charge in [0, 0.05) is 24.1 Å². The molecule has 0 aromatic carbocycles. The van der Waals surface area contributed by atoms with Crippen LogP contribution in [0.15, 0.2) is 22.3 Å². The van der Waals surface area contributed by atoms with E-state index in [-0.39, 0.29) is 35.4 Å². The summed E-state index contributed by atoms with van der Waals surface area (Å²) in [4.78, 5) is 70.0. The maximum absolute atomic E-state index is 13.1. The first-order valence-corrected chi connectivity index (χ1v) is 13.0. The number of nitrogens with one attached hydrogen (secondary N) is 3. The Kier molecular flexibility index (Phi) is 9.09. The largest absolute Gasteiger partial charge is 0.477 e. The number of hydrogen-bond donors (Lipinski definition) is 4. The number of thiazole rings is 1. The molecule has 1 fully saturated rings. The van der Waals surface area contributed by atoms with E-state index in [0.29, 0.717) is 18.6 Å². The summed E-state index contributed by atoms with van der Waals surface area (Å²) in [5, 5.41) is 21.8. The fraction of sp³-hybridized carbons (Fsp3) is 0.476. The third-order valence-corrected chi connectivity index (χ3v) is 6.69. The second-order valence-electron chi connectivity index (χ2n) is 8.63. The predicted molar refractivity (Wildman–Crippen MR) is 134 cm³/mol. The van der Waals surface area contributed by atoms with E-state index < -0.39 is 40.9 Å². The summed E-state index contributed by atoms with van der Waals surface area (Å²) in [5.41, 5.74) is -0.889. The molecule has 0 radical (unpaired) electrons. The smallest absolute Gasteiger partial charge is 0.407 e. The van der Waals surface area contributed by atoms with Crippen LogP contribution in [-0.4, -0.2) is 86.9 Å². The summed E-state index contributed by atoms with van der Waals surface area (Å²) >= 11 is 2.36. The minimum Gasteiger partial charge on any atom is -0.477 e. The second-order valence-corrected chi connectivity index (χ2v) is 10.6. The normalized spacial score (nSPS) is 19.1. The molecule has 16 heteroatoms. The Balaban J connectivity index is 1.62. The summed E-state index contributed by atoms with van der Waals surface area (Å²) in [7, 11) is 0. The van der Waals surface area contributed by atoms with Crippen molar-refractivity contribution in [3.05, 3.63) is 22.8 Å². The van der Waals surface area contributed by atoms with Gasteiger partial charge in [0.2, 0.25) is 6.41 Å². The van der Waals surface area contributed by atoms with Gasteiger partial charge in [0.1, 0.15) is 35.0 Å².